The first-order chi connectivity index (χ1) is 5.88. The van der Waals surface area contributed by atoms with Gasteiger partial charge in [0.2, 0.25) is 0 Å². The Morgan fingerprint density at radius 2 is 2.33 bits per heavy atom. The zero-order chi connectivity index (χ0) is 8.39. The van der Waals surface area contributed by atoms with Crippen molar-refractivity contribution in [1.29, 1.82) is 0 Å². The van der Waals surface area contributed by atoms with Gasteiger partial charge in [0.1, 0.15) is 5.69 Å². The summed E-state index contributed by atoms with van der Waals surface area (Å²) in [6.45, 7) is 0.769. The molecule has 0 aromatic carbocycles. The average molecular weight is 165 g/mol. The highest BCUT2D eigenvalue weighted by Crippen LogP contribution is 2.09. The van der Waals surface area contributed by atoms with E-state index < -0.39 is 0 Å². The number of imidazole rings is 1. The molecule has 1 aliphatic rings. The lowest BCUT2D eigenvalue weighted by Gasteiger charge is -2.08. The molecule has 1 aromatic heterocycles. The van der Waals surface area contributed by atoms with E-state index in [4.69, 9.17) is 0 Å². The summed E-state index contributed by atoms with van der Waals surface area (Å²) in [7, 11) is 0. The van der Waals surface area contributed by atoms with Crippen LogP contribution in [0.5, 0.6) is 0 Å². The zero-order valence-corrected chi connectivity index (χ0v) is 6.76. The van der Waals surface area contributed by atoms with Gasteiger partial charge < -0.3 is 10.3 Å². The van der Waals surface area contributed by atoms with Crippen molar-refractivity contribution in [3.63, 3.8) is 0 Å². The number of amides is 1. The first kappa shape index (κ1) is 7.34. The maximum atomic E-state index is 11.3. The maximum absolute atomic E-state index is 11.3. The average Bonchev–Trinajstić information content (AvgIpc) is 2.47. The van der Waals surface area contributed by atoms with Gasteiger partial charge in [-0.15, -0.1) is 0 Å². The van der Waals surface area contributed by atoms with E-state index in [1.54, 1.807) is 6.33 Å². The van der Waals surface area contributed by atoms with Crippen LogP contribution in [0.25, 0.3) is 0 Å². The van der Waals surface area contributed by atoms with E-state index in [1.807, 2.05) is 0 Å². The summed E-state index contributed by atoms with van der Waals surface area (Å²) in [4.78, 5) is 18.3. The summed E-state index contributed by atoms with van der Waals surface area (Å²) in [5.74, 6) is -0.0500. The topological polar surface area (TPSA) is 57.8 Å². The lowest BCUT2D eigenvalue weighted by Crippen LogP contribution is -2.27. The lowest BCUT2D eigenvalue weighted by atomic mass is 10.1. The Morgan fingerprint density at radius 1 is 1.42 bits per heavy atom. The number of aromatic nitrogens is 2. The van der Waals surface area contributed by atoms with E-state index in [-0.39, 0.29) is 5.91 Å². The fourth-order valence-corrected chi connectivity index (χ4v) is 1.42. The molecule has 0 saturated carbocycles. The molecule has 1 aromatic rings. The number of rotatable bonds is 0. The third-order valence-electron chi connectivity index (χ3n) is 2.07. The van der Waals surface area contributed by atoms with Gasteiger partial charge in [0.15, 0.2) is 0 Å². The highest BCUT2D eigenvalue weighted by Gasteiger charge is 2.15. The number of nitrogens with zero attached hydrogens (tertiary/aromatic N) is 1. The second-order valence-corrected chi connectivity index (χ2v) is 2.94. The van der Waals surface area contributed by atoms with Gasteiger partial charge in [-0.3, -0.25) is 4.79 Å². The molecule has 2 N–H and O–H groups in total. The second-order valence-electron chi connectivity index (χ2n) is 2.94. The molecule has 1 aliphatic heterocycles. The van der Waals surface area contributed by atoms with Crippen molar-refractivity contribution >= 4 is 5.91 Å². The zero-order valence-electron chi connectivity index (χ0n) is 6.76. The first-order valence-corrected chi connectivity index (χ1v) is 4.18. The molecule has 4 nitrogen and oxygen atoms in total. The molecule has 4 heteroatoms. The molecule has 0 radical (unpaired) electrons. The van der Waals surface area contributed by atoms with Crippen LogP contribution in [0.1, 0.15) is 29.0 Å². The smallest absolute Gasteiger partial charge is 0.271 e. The predicted octanol–water partition coefficient (Wildman–Crippen LogP) is 0.476. The van der Waals surface area contributed by atoms with Crippen molar-refractivity contribution in [3.8, 4) is 0 Å². The molecule has 64 valence electrons. The summed E-state index contributed by atoms with van der Waals surface area (Å²) in [5, 5.41) is 2.81. The molecule has 0 spiro atoms. The first-order valence-electron chi connectivity index (χ1n) is 4.18. The quantitative estimate of drug-likeness (QED) is 0.587. The summed E-state index contributed by atoms with van der Waals surface area (Å²) in [6, 6.07) is 0. The van der Waals surface area contributed by atoms with E-state index in [1.165, 1.54) is 0 Å². The third kappa shape index (κ3) is 1.20. The van der Waals surface area contributed by atoms with Crippen molar-refractivity contribution in [2.45, 2.75) is 19.3 Å². The summed E-state index contributed by atoms with van der Waals surface area (Å²) < 4.78 is 0. The standard InChI is InChI=1S/C8H11N3O/c12-8-7-6(10-5-11-7)3-1-2-4-9-8/h5H,1-4H2,(H,9,12)(H,10,11). The Morgan fingerprint density at radius 3 is 3.25 bits per heavy atom. The third-order valence-corrected chi connectivity index (χ3v) is 2.07. The van der Waals surface area contributed by atoms with E-state index in [0.717, 1.165) is 31.5 Å². The highest BCUT2D eigenvalue weighted by molar-refractivity contribution is 5.93. The molecular formula is C8H11N3O. The van der Waals surface area contributed by atoms with Gasteiger partial charge in [-0.1, -0.05) is 0 Å². The minimum Gasteiger partial charge on any atom is -0.351 e. The Labute approximate surface area is 70.4 Å². The van der Waals surface area contributed by atoms with Crippen LogP contribution in [-0.2, 0) is 6.42 Å². The number of carbonyl (C=O) groups excluding carboxylic acids is 1. The van der Waals surface area contributed by atoms with Crippen LogP contribution < -0.4 is 5.32 Å². The van der Waals surface area contributed by atoms with E-state index in [2.05, 4.69) is 15.3 Å². The molecule has 0 aliphatic carbocycles. The number of aromatic amines is 1. The number of hydrogen-bond donors (Lipinski definition) is 2. The molecule has 12 heavy (non-hydrogen) atoms. The monoisotopic (exact) mass is 165 g/mol. The van der Waals surface area contributed by atoms with Gasteiger partial charge in [-0.25, -0.2) is 4.98 Å². The van der Waals surface area contributed by atoms with Gasteiger partial charge in [0.05, 0.1) is 6.33 Å². The molecule has 2 heterocycles. The lowest BCUT2D eigenvalue weighted by molar-refractivity contribution is 0.0945. The van der Waals surface area contributed by atoms with Crippen LogP contribution in [0.2, 0.25) is 0 Å². The molecule has 0 bridgehead atoms. The van der Waals surface area contributed by atoms with Crippen LogP contribution in [0, 0.1) is 0 Å². The van der Waals surface area contributed by atoms with E-state index in [9.17, 15) is 4.79 Å². The van der Waals surface area contributed by atoms with Crippen LogP contribution in [0.15, 0.2) is 6.33 Å². The van der Waals surface area contributed by atoms with Crippen molar-refractivity contribution in [3.05, 3.63) is 17.7 Å². The van der Waals surface area contributed by atoms with Gasteiger partial charge in [0.25, 0.3) is 5.91 Å². The SMILES string of the molecule is O=C1NCCCCc2[nH]cnc21. The van der Waals surface area contributed by atoms with Crippen LogP contribution in [0.4, 0.5) is 0 Å². The van der Waals surface area contributed by atoms with Crippen molar-refractivity contribution in [2.24, 2.45) is 0 Å². The second kappa shape index (κ2) is 2.97. The van der Waals surface area contributed by atoms with Crippen LogP contribution in [0.3, 0.4) is 0 Å². The minimum atomic E-state index is -0.0500. The number of nitrogens with one attached hydrogen (secondary N) is 2. The normalized spacial score (nSPS) is 17.5. The van der Waals surface area contributed by atoms with Gasteiger partial charge >= 0.3 is 0 Å². The number of fused-ring (bicyclic) bond motifs is 1. The highest BCUT2D eigenvalue weighted by atomic mass is 16.1. The van der Waals surface area contributed by atoms with Crippen LogP contribution in [-0.4, -0.2) is 22.4 Å². The number of carbonyl (C=O) groups is 1. The Hall–Kier alpha value is -1.32. The molecule has 0 atom stereocenters. The molecular weight excluding hydrogens is 154 g/mol. The van der Waals surface area contributed by atoms with Gasteiger partial charge in [-0.2, -0.15) is 0 Å². The van der Waals surface area contributed by atoms with E-state index >= 15 is 0 Å². The molecule has 0 saturated heterocycles. The minimum absolute atomic E-state index is 0.0500. The number of H-pyrrole nitrogens is 1. The van der Waals surface area contributed by atoms with E-state index in [0.29, 0.717) is 5.69 Å². The Kier molecular flexibility index (Phi) is 1.81. The summed E-state index contributed by atoms with van der Waals surface area (Å²) >= 11 is 0. The molecule has 0 unspecified atom stereocenters. The number of hydrogen-bond acceptors (Lipinski definition) is 2. The fraction of sp³-hybridized carbons (Fsp3) is 0.500. The number of aryl methyl sites for hydroxylation is 1. The maximum Gasteiger partial charge on any atom is 0.271 e. The Bertz CT molecular complexity index is 292. The van der Waals surface area contributed by atoms with Crippen molar-refractivity contribution in [2.75, 3.05) is 6.54 Å². The predicted molar refractivity (Wildman–Crippen MR) is 43.9 cm³/mol. The molecule has 0 fully saturated rings. The molecule has 2 rings (SSSR count). The molecule has 1 amide bonds. The van der Waals surface area contributed by atoms with Crippen molar-refractivity contribution < 1.29 is 4.79 Å². The summed E-state index contributed by atoms with van der Waals surface area (Å²) in [6.07, 6.45) is 4.66. The van der Waals surface area contributed by atoms with Gasteiger partial charge in [-0.05, 0) is 19.3 Å². The van der Waals surface area contributed by atoms with Crippen LogP contribution >= 0.6 is 0 Å². The largest absolute Gasteiger partial charge is 0.351 e. The Balaban J connectivity index is 2.32. The summed E-state index contributed by atoms with van der Waals surface area (Å²) in [5.41, 5.74) is 1.53. The van der Waals surface area contributed by atoms with Gasteiger partial charge in [0, 0.05) is 12.2 Å². The van der Waals surface area contributed by atoms with Crippen molar-refractivity contribution in [1.82, 2.24) is 15.3 Å². The fourth-order valence-electron chi connectivity index (χ4n) is 1.42.